The first-order valence-corrected chi connectivity index (χ1v) is 10.2. The van der Waals surface area contributed by atoms with Crippen molar-refractivity contribution in [2.75, 3.05) is 0 Å². The maximum absolute atomic E-state index is 14.6. The van der Waals surface area contributed by atoms with Gasteiger partial charge in [0.25, 0.3) is 0 Å². The third-order valence-corrected chi connectivity index (χ3v) is 5.43. The maximum Gasteiger partial charge on any atom is 0.221 e. The summed E-state index contributed by atoms with van der Waals surface area (Å²) in [6, 6.07) is 25.7. The van der Waals surface area contributed by atoms with Crippen LogP contribution in [0.2, 0.25) is 0 Å². The molecule has 1 aromatic heterocycles. The molecule has 156 valence electrons. The molecule has 1 heterocycles. The fourth-order valence-corrected chi connectivity index (χ4v) is 3.85. The molecule has 4 nitrogen and oxygen atoms in total. The fraction of sp³-hybridized carbons (Fsp3) is 0.154. The SMILES string of the molecule is Cn1ccnc1[C@H](NC(=O)CC(c1ccccc1)c1ccccc1)c1ccccc1F. The largest absolute Gasteiger partial charge is 0.342 e. The number of nitrogens with one attached hydrogen (secondary N) is 1. The highest BCUT2D eigenvalue weighted by Gasteiger charge is 2.25. The monoisotopic (exact) mass is 413 g/mol. The molecule has 5 heteroatoms. The van der Waals surface area contributed by atoms with E-state index in [4.69, 9.17) is 0 Å². The Hall–Kier alpha value is -3.73. The van der Waals surface area contributed by atoms with Crippen LogP contribution in [0.25, 0.3) is 0 Å². The van der Waals surface area contributed by atoms with Crippen molar-refractivity contribution >= 4 is 5.91 Å². The molecule has 0 radical (unpaired) electrons. The lowest BCUT2D eigenvalue weighted by Crippen LogP contribution is -2.32. The van der Waals surface area contributed by atoms with Gasteiger partial charge in [-0.2, -0.15) is 0 Å². The Labute approximate surface area is 181 Å². The highest BCUT2D eigenvalue weighted by Crippen LogP contribution is 2.29. The Balaban J connectivity index is 1.64. The molecule has 0 fully saturated rings. The van der Waals surface area contributed by atoms with Gasteiger partial charge < -0.3 is 9.88 Å². The fourth-order valence-electron chi connectivity index (χ4n) is 3.85. The van der Waals surface area contributed by atoms with Crippen molar-refractivity contribution in [3.05, 3.63) is 126 Å². The highest BCUT2D eigenvalue weighted by molar-refractivity contribution is 5.78. The normalized spacial score (nSPS) is 12.0. The molecule has 3 aromatic carbocycles. The van der Waals surface area contributed by atoms with Crippen molar-refractivity contribution in [3.63, 3.8) is 0 Å². The number of amides is 1. The van der Waals surface area contributed by atoms with Gasteiger partial charge in [-0.25, -0.2) is 9.37 Å². The molecule has 1 N–H and O–H groups in total. The smallest absolute Gasteiger partial charge is 0.221 e. The first-order chi connectivity index (χ1) is 15.1. The van der Waals surface area contributed by atoms with Crippen molar-refractivity contribution in [1.29, 1.82) is 0 Å². The van der Waals surface area contributed by atoms with Gasteiger partial charge >= 0.3 is 0 Å². The maximum atomic E-state index is 14.6. The van der Waals surface area contributed by atoms with E-state index in [1.165, 1.54) is 6.07 Å². The van der Waals surface area contributed by atoms with Gasteiger partial charge in [-0.1, -0.05) is 78.9 Å². The molecule has 1 atom stereocenters. The zero-order chi connectivity index (χ0) is 21.6. The van der Waals surface area contributed by atoms with Crippen molar-refractivity contribution in [3.8, 4) is 0 Å². The minimum atomic E-state index is -0.680. The highest BCUT2D eigenvalue weighted by atomic mass is 19.1. The van der Waals surface area contributed by atoms with E-state index in [1.54, 1.807) is 35.2 Å². The Bertz CT molecular complexity index is 1100. The predicted molar refractivity (Wildman–Crippen MR) is 119 cm³/mol. The first-order valence-electron chi connectivity index (χ1n) is 10.2. The summed E-state index contributed by atoms with van der Waals surface area (Å²) in [5, 5.41) is 3.03. The lowest BCUT2D eigenvalue weighted by molar-refractivity contribution is -0.121. The van der Waals surface area contributed by atoms with Crippen molar-refractivity contribution in [2.24, 2.45) is 7.05 Å². The summed E-state index contributed by atoms with van der Waals surface area (Å²) < 4.78 is 16.4. The van der Waals surface area contributed by atoms with Crippen LogP contribution in [-0.4, -0.2) is 15.5 Å². The van der Waals surface area contributed by atoms with Crippen LogP contribution in [0.1, 0.15) is 40.9 Å². The number of benzene rings is 3. The minimum absolute atomic E-state index is 0.106. The van der Waals surface area contributed by atoms with Gasteiger partial charge in [-0.3, -0.25) is 4.79 Å². The van der Waals surface area contributed by atoms with Crippen LogP contribution in [0.5, 0.6) is 0 Å². The molecule has 0 saturated carbocycles. The van der Waals surface area contributed by atoms with Crippen LogP contribution in [-0.2, 0) is 11.8 Å². The molecule has 1 amide bonds. The number of nitrogens with zero attached hydrogens (tertiary/aromatic N) is 2. The molecule has 0 aliphatic heterocycles. The molecule has 4 rings (SSSR count). The number of hydrogen-bond acceptors (Lipinski definition) is 2. The third-order valence-electron chi connectivity index (χ3n) is 5.43. The number of carbonyl (C=O) groups excluding carboxylic acids is 1. The molecular formula is C26H24FN3O. The van der Waals surface area contributed by atoms with Gasteiger partial charge in [-0.05, 0) is 17.2 Å². The zero-order valence-electron chi connectivity index (χ0n) is 17.3. The zero-order valence-corrected chi connectivity index (χ0v) is 17.3. The Morgan fingerprint density at radius 1 is 0.935 bits per heavy atom. The number of imidazole rings is 1. The van der Waals surface area contributed by atoms with Crippen LogP contribution >= 0.6 is 0 Å². The number of hydrogen-bond donors (Lipinski definition) is 1. The molecule has 0 spiro atoms. The van der Waals surface area contributed by atoms with E-state index >= 15 is 0 Å². The first kappa shape index (κ1) is 20.5. The third kappa shape index (κ3) is 4.72. The lowest BCUT2D eigenvalue weighted by Gasteiger charge is -2.22. The summed E-state index contributed by atoms with van der Waals surface area (Å²) in [6.45, 7) is 0. The summed E-state index contributed by atoms with van der Waals surface area (Å²) in [7, 11) is 1.83. The Kier molecular flexibility index (Phi) is 6.22. The quantitative estimate of drug-likeness (QED) is 0.464. The molecule has 4 aromatic rings. The second-order valence-corrected chi connectivity index (χ2v) is 7.50. The second-order valence-electron chi connectivity index (χ2n) is 7.50. The van der Waals surface area contributed by atoms with E-state index in [1.807, 2.05) is 67.7 Å². The molecule has 0 unspecified atom stereocenters. The van der Waals surface area contributed by atoms with Crippen molar-refractivity contribution in [2.45, 2.75) is 18.4 Å². The van der Waals surface area contributed by atoms with Crippen molar-refractivity contribution in [1.82, 2.24) is 14.9 Å². The summed E-state index contributed by atoms with van der Waals surface area (Å²) in [5.74, 6) is -0.0770. The summed E-state index contributed by atoms with van der Waals surface area (Å²) in [4.78, 5) is 17.6. The van der Waals surface area contributed by atoms with Crippen LogP contribution in [0, 0.1) is 5.82 Å². The second kappa shape index (κ2) is 9.39. The topological polar surface area (TPSA) is 46.9 Å². The van der Waals surface area contributed by atoms with Crippen LogP contribution < -0.4 is 5.32 Å². The van der Waals surface area contributed by atoms with Crippen LogP contribution in [0.3, 0.4) is 0 Å². The summed E-state index contributed by atoms with van der Waals surface area (Å²) >= 11 is 0. The van der Waals surface area contributed by atoms with Crippen LogP contribution in [0.15, 0.2) is 97.3 Å². The van der Waals surface area contributed by atoms with E-state index in [-0.39, 0.29) is 24.1 Å². The molecular weight excluding hydrogens is 389 g/mol. The van der Waals surface area contributed by atoms with Gasteiger partial charge in [-0.15, -0.1) is 0 Å². The molecule has 0 aliphatic carbocycles. The number of aryl methyl sites for hydroxylation is 1. The average molecular weight is 413 g/mol. The minimum Gasteiger partial charge on any atom is -0.342 e. The molecule has 0 aliphatic rings. The van der Waals surface area contributed by atoms with E-state index in [2.05, 4.69) is 10.3 Å². The Morgan fingerprint density at radius 2 is 1.52 bits per heavy atom. The van der Waals surface area contributed by atoms with Gasteiger partial charge in [0.05, 0.1) is 0 Å². The van der Waals surface area contributed by atoms with Crippen molar-refractivity contribution < 1.29 is 9.18 Å². The summed E-state index contributed by atoms with van der Waals surface area (Å²) in [6.07, 6.45) is 3.67. The molecule has 31 heavy (non-hydrogen) atoms. The number of aromatic nitrogens is 2. The van der Waals surface area contributed by atoms with Gasteiger partial charge in [0.1, 0.15) is 17.7 Å². The van der Waals surface area contributed by atoms with Gasteiger partial charge in [0.15, 0.2) is 0 Å². The standard InChI is InChI=1S/C26H24FN3O/c1-30-17-16-28-26(30)25(21-14-8-9-15-23(21)27)29-24(31)18-22(19-10-4-2-5-11-19)20-12-6-3-7-13-20/h2-17,22,25H,18H2,1H3,(H,29,31)/t25-/m1/s1. The van der Waals surface area contributed by atoms with E-state index in [0.717, 1.165) is 11.1 Å². The summed E-state index contributed by atoms with van der Waals surface area (Å²) in [5.41, 5.74) is 2.51. The molecule has 0 bridgehead atoms. The number of rotatable bonds is 7. The van der Waals surface area contributed by atoms with E-state index < -0.39 is 6.04 Å². The molecule has 0 saturated heterocycles. The van der Waals surface area contributed by atoms with E-state index in [0.29, 0.717) is 11.4 Å². The average Bonchev–Trinajstić information content (AvgIpc) is 3.23. The lowest BCUT2D eigenvalue weighted by atomic mass is 9.88. The van der Waals surface area contributed by atoms with Gasteiger partial charge in [0.2, 0.25) is 5.91 Å². The number of halogens is 1. The van der Waals surface area contributed by atoms with E-state index in [9.17, 15) is 9.18 Å². The Morgan fingerprint density at radius 3 is 2.06 bits per heavy atom. The predicted octanol–water partition coefficient (Wildman–Crippen LogP) is 4.99. The number of carbonyl (C=O) groups is 1. The van der Waals surface area contributed by atoms with Crippen LogP contribution in [0.4, 0.5) is 4.39 Å². The van der Waals surface area contributed by atoms with Gasteiger partial charge in [0, 0.05) is 37.3 Å².